The molecule has 0 saturated heterocycles. The largest absolute Gasteiger partial charge is 0.494 e. The summed E-state index contributed by atoms with van der Waals surface area (Å²) in [6.07, 6.45) is 4.94. The van der Waals surface area contributed by atoms with Crippen LogP contribution in [0.3, 0.4) is 0 Å². The Hall–Kier alpha value is -1.97. The topological polar surface area (TPSA) is 39.1 Å². The van der Waals surface area contributed by atoms with Crippen molar-refractivity contribution in [1.29, 1.82) is 0 Å². The van der Waals surface area contributed by atoms with Crippen LogP contribution >= 0.6 is 0 Å². The lowest BCUT2D eigenvalue weighted by molar-refractivity contribution is 0.317. The molecule has 1 atom stereocenters. The average molecular weight is 287 g/mol. The molecule has 4 heteroatoms. The Labute approximate surface area is 127 Å². The highest BCUT2D eigenvalue weighted by Crippen LogP contribution is 2.22. The van der Waals surface area contributed by atoms with Gasteiger partial charge in [-0.3, -0.25) is 4.68 Å². The van der Waals surface area contributed by atoms with Crippen LogP contribution in [-0.4, -0.2) is 16.4 Å². The molecule has 0 aliphatic rings. The van der Waals surface area contributed by atoms with Gasteiger partial charge in [0, 0.05) is 18.3 Å². The molecule has 1 heterocycles. The van der Waals surface area contributed by atoms with Gasteiger partial charge in [-0.2, -0.15) is 5.10 Å². The van der Waals surface area contributed by atoms with Crippen LogP contribution in [-0.2, 0) is 0 Å². The second-order valence-electron chi connectivity index (χ2n) is 5.59. The number of nitrogens with one attached hydrogen (secondary N) is 1. The Bertz CT molecular complexity index is 545. The highest BCUT2D eigenvalue weighted by Gasteiger charge is 2.08. The summed E-state index contributed by atoms with van der Waals surface area (Å²) in [5.41, 5.74) is 2.28. The van der Waals surface area contributed by atoms with E-state index < -0.39 is 0 Å². The van der Waals surface area contributed by atoms with Crippen molar-refractivity contribution in [1.82, 2.24) is 9.78 Å². The molecule has 114 valence electrons. The van der Waals surface area contributed by atoms with E-state index in [1.165, 1.54) is 5.56 Å². The van der Waals surface area contributed by atoms with Gasteiger partial charge < -0.3 is 10.1 Å². The second-order valence-corrected chi connectivity index (χ2v) is 5.59. The van der Waals surface area contributed by atoms with Crippen LogP contribution in [0.15, 0.2) is 36.7 Å². The first-order valence-electron chi connectivity index (χ1n) is 7.63. The van der Waals surface area contributed by atoms with E-state index in [4.69, 9.17) is 4.74 Å². The molecule has 1 unspecified atom stereocenters. The van der Waals surface area contributed by atoms with Crippen LogP contribution in [0.1, 0.15) is 51.8 Å². The molecule has 21 heavy (non-hydrogen) atoms. The van der Waals surface area contributed by atoms with E-state index in [0.29, 0.717) is 6.04 Å². The van der Waals surface area contributed by atoms with E-state index in [-0.39, 0.29) is 6.04 Å². The summed E-state index contributed by atoms with van der Waals surface area (Å²) < 4.78 is 7.56. The summed E-state index contributed by atoms with van der Waals surface area (Å²) in [4.78, 5) is 0. The molecule has 0 aliphatic carbocycles. The number of hydrogen-bond donors (Lipinski definition) is 1. The molecule has 0 bridgehead atoms. The third-order valence-electron chi connectivity index (χ3n) is 3.37. The zero-order chi connectivity index (χ0) is 15.2. The quantitative estimate of drug-likeness (QED) is 0.819. The summed E-state index contributed by atoms with van der Waals surface area (Å²) >= 11 is 0. The fraction of sp³-hybridized carbons (Fsp3) is 0.471. The number of benzene rings is 1. The van der Waals surface area contributed by atoms with Crippen molar-refractivity contribution in [2.75, 3.05) is 11.9 Å². The lowest BCUT2D eigenvalue weighted by atomic mass is 10.1. The van der Waals surface area contributed by atoms with Gasteiger partial charge >= 0.3 is 0 Å². The predicted molar refractivity (Wildman–Crippen MR) is 86.9 cm³/mol. The summed E-state index contributed by atoms with van der Waals surface area (Å²) in [7, 11) is 0. The lowest BCUT2D eigenvalue weighted by Gasteiger charge is -2.15. The van der Waals surface area contributed by atoms with Gasteiger partial charge in [0.1, 0.15) is 5.75 Å². The smallest absolute Gasteiger partial charge is 0.119 e. The first-order chi connectivity index (χ1) is 10.1. The zero-order valence-electron chi connectivity index (χ0n) is 13.3. The summed E-state index contributed by atoms with van der Waals surface area (Å²) in [5.74, 6) is 0.931. The fourth-order valence-corrected chi connectivity index (χ4v) is 2.10. The summed E-state index contributed by atoms with van der Waals surface area (Å²) in [5, 5.41) is 7.82. The molecular formula is C17H25N3O. The van der Waals surface area contributed by atoms with Gasteiger partial charge in [-0.25, -0.2) is 0 Å². The fourth-order valence-electron chi connectivity index (χ4n) is 2.10. The first-order valence-corrected chi connectivity index (χ1v) is 7.63. The monoisotopic (exact) mass is 287 g/mol. The minimum atomic E-state index is 0.232. The number of rotatable bonds is 7. The highest BCUT2D eigenvalue weighted by molar-refractivity contribution is 5.42. The second kappa shape index (κ2) is 7.16. The van der Waals surface area contributed by atoms with Crippen LogP contribution in [0.5, 0.6) is 5.75 Å². The normalized spacial score (nSPS) is 12.4. The first kappa shape index (κ1) is 15.4. The maximum absolute atomic E-state index is 5.60. The standard InChI is InChI=1S/C17H25N3O/c1-5-10-21-17-8-6-15(7-9-17)14(4)19-16-11-18-20(12-16)13(2)3/h6-9,11-14,19H,5,10H2,1-4H3. The van der Waals surface area contributed by atoms with Crippen LogP contribution in [0, 0.1) is 0 Å². The van der Waals surface area contributed by atoms with E-state index in [1.807, 2.05) is 29.2 Å². The predicted octanol–water partition coefficient (Wildman–Crippen LogP) is 4.43. The van der Waals surface area contributed by atoms with Crippen molar-refractivity contribution in [3.63, 3.8) is 0 Å². The van der Waals surface area contributed by atoms with Gasteiger partial charge in [0.15, 0.2) is 0 Å². The van der Waals surface area contributed by atoms with Crippen molar-refractivity contribution in [3.8, 4) is 5.75 Å². The molecule has 0 amide bonds. The van der Waals surface area contributed by atoms with Crippen molar-refractivity contribution < 1.29 is 4.74 Å². The minimum Gasteiger partial charge on any atom is -0.494 e. The Morgan fingerprint density at radius 1 is 1.19 bits per heavy atom. The van der Waals surface area contributed by atoms with Gasteiger partial charge in [0.05, 0.1) is 18.5 Å². The van der Waals surface area contributed by atoms with Crippen molar-refractivity contribution in [2.24, 2.45) is 0 Å². The molecule has 4 nitrogen and oxygen atoms in total. The van der Waals surface area contributed by atoms with E-state index in [9.17, 15) is 0 Å². The lowest BCUT2D eigenvalue weighted by Crippen LogP contribution is -2.06. The maximum atomic E-state index is 5.60. The van der Waals surface area contributed by atoms with E-state index in [0.717, 1.165) is 24.5 Å². The van der Waals surface area contributed by atoms with Crippen molar-refractivity contribution >= 4 is 5.69 Å². The highest BCUT2D eigenvalue weighted by atomic mass is 16.5. The third-order valence-corrected chi connectivity index (χ3v) is 3.37. The van der Waals surface area contributed by atoms with Gasteiger partial charge in [0.2, 0.25) is 0 Å². The van der Waals surface area contributed by atoms with Crippen molar-refractivity contribution in [3.05, 3.63) is 42.2 Å². The third kappa shape index (κ3) is 4.25. The van der Waals surface area contributed by atoms with E-state index in [1.54, 1.807) is 0 Å². The molecule has 0 spiro atoms. The van der Waals surface area contributed by atoms with Gasteiger partial charge in [-0.05, 0) is 44.9 Å². The number of hydrogen-bond acceptors (Lipinski definition) is 3. The SMILES string of the molecule is CCCOc1ccc(C(C)Nc2cnn(C(C)C)c2)cc1. The van der Waals surface area contributed by atoms with Gasteiger partial charge in [0.25, 0.3) is 0 Å². The summed E-state index contributed by atoms with van der Waals surface area (Å²) in [6, 6.07) is 8.88. The molecular weight excluding hydrogens is 262 g/mol. The van der Waals surface area contributed by atoms with Crippen LogP contribution in [0.25, 0.3) is 0 Å². The molecule has 1 aromatic carbocycles. The Morgan fingerprint density at radius 3 is 2.48 bits per heavy atom. The number of anilines is 1. The molecule has 0 fully saturated rings. The molecule has 0 saturated carbocycles. The van der Waals surface area contributed by atoms with Gasteiger partial charge in [-0.15, -0.1) is 0 Å². The molecule has 1 N–H and O–H groups in total. The molecule has 1 aromatic heterocycles. The maximum Gasteiger partial charge on any atom is 0.119 e. The van der Waals surface area contributed by atoms with Crippen LogP contribution in [0.4, 0.5) is 5.69 Å². The van der Waals surface area contributed by atoms with E-state index in [2.05, 4.69) is 50.2 Å². The molecule has 2 rings (SSSR count). The van der Waals surface area contributed by atoms with Crippen molar-refractivity contribution in [2.45, 2.75) is 46.2 Å². The number of nitrogens with zero attached hydrogens (tertiary/aromatic N) is 2. The van der Waals surface area contributed by atoms with E-state index >= 15 is 0 Å². The Morgan fingerprint density at radius 2 is 1.90 bits per heavy atom. The Kier molecular flexibility index (Phi) is 5.26. The molecule has 0 radical (unpaired) electrons. The number of ether oxygens (including phenoxy) is 1. The number of aromatic nitrogens is 2. The minimum absolute atomic E-state index is 0.232. The molecule has 0 aliphatic heterocycles. The average Bonchev–Trinajstić information content (AvgIpc) is 2.94. The van der Waals surface area contributed by atoms with Crippen LogP contribution in [0.2, 0.25) is 0 Å². The van der Waals surface area contributed by atoms with Crippen LogP contribution < -0.4 is 10.1 Å². The summed E-state index contributed by atoms with van der Waals surface area (Å²) in [6.45, 7) is 9.26. The zero-order valence-corrected chi connectivity index (χ0v) is 13.3. The molecule has 2 aromatic rings. The van der Waals surface area contributed by atoms with Gasteiger partial charge in [-0.1, -0.05) is 19.1 Å². The Balaban J connectivity index is 1.97.